The smallest absolute Gasteiger partial charge is 0.261 e. The minimum atomic E-state index is -0.243. The number of halogens is 1. The molecule has 1 fully saturated rings. The summed E-state index contributed by atoms with van der Waals surface area (Å²) >= 11 is 1.46. The zero-order valence-electron chi connectivity index (χ0n) is 16.0. The van der Waals surface area contributed by atoms with Crippen LogP contribution in [0.5, 0.6) is 0 Å². The van der Waals surface area contributed by atoms with E-state index in [1.165, 1.54) is 17.8 Å². The highest BCUT2D eigenvalue weighted by Gasteiger charge is 2.46. The molecule has 0 aliphatic carbocycles. The number of thioether (sulfide) groups is 1. The summed E-state index contributed by atoms with van der Waals surface area (Å²) in [6.07, 6.45) is 7.35. The van der Waals surface area contributed by atoms with Gasteiger partial charge in [0, 0.05) is 30.4 Å². The highest BCUT2D eigenvalue weighted by molar-refractivity contribution is 7.98. The molecule has 1 aromatic heterocycles. The number of pyridine rings is 1. The lowest BCUT2D eigenvalue weighted by Crippen LogP contribution is -2.46. The lowest BCUT2D eigenvalue weighted by molar-refractivity contribution is 0.0974. The zero-order valence-corrected chi connectivity index (χ0v) is 16.8. The number of carbonyl (C=O) groups excluding carboxylic acids is 1. The van der Waals surface area contributed by atoms with Crippen molar-refractivity contribution in [1.82, 2.24) is 9.88 Å². The topological polar surface area (TPSA) is 36.4 Å². The molecular weight excluding hydrogens is 373 g/mol. The van der Waals surface area contributed by atoms with Crippen LogP contribution in [0.15, 0.2) is 54.2 Å². The number of benzene rings is 1. The van der Waals surface area contributed by atoms with Crippen molar-refractivity contribution in [3.63, 3.8) is 0 Å². The van der Waals surface area contributed by atoms with Crippen molar-refractivity contribution >= 4 is 23.4 Å². The molecule has 146 valence electrons. The summed E-state index contributed by atoms with van der Waals surface area (Å²) in [7, 11) is 0. The third-order valence-electron chi connectivity index (χ3n) is 5.92. The Balaban J connectivity index is 1.70. The number of hydrogen-bond acceptors (Lipinski definition) is 4. The monoisotopic (exact) mass is 397 g/mol. The Hall–Kier alpha value is -2.18. The number of amides is 1. The lowest BCUT2D eigenvalue weighted by atomic mass is 9.74. The van der Waals surface area contributed by atoms with Gasteiger partial charge in [-0.1, -0.05) is 6.08 Å². The summed E-state index contributed by atoms with van der Waals surface area (Å²) in [5, 5.41) is 0.720. The minimum absolute atomic E-state index is 0.0595. The van der Waals surface area contributed by atoms with E-state index >= 15 is 0 Å². The highest BCUT2D eigenvalue weighted by atomic mass is 32.2. The van der Waals surface area contributed by atoms with Gasteiger partial charge in [0.25, 0.3) is 5.91 Å². The maximum atomic E-state index is 14.1. The van der Waals surface area contributed by atoms with Crippen LogP contribution in [0.3, 0.4) is 0 Å². The van der Waals surface area contributed by atoms with Crippen molar-refractivity contribution in [1.29, 1.82) is 0 Å². The first kappa shape index (κ1) is 19.2. The van der Waals surface area contributed by atoms with E-state index in [2.05, 4.69) is 16.5 Å². The summed E-state index contributed by atoms with van der Waals surface area (Å²) < 4.78 is 14.1. The van der Waals surface area contributed by atoms with Gasteiger partial charge in [-0.2, -0.15) is 0 Å². The molecule has 2 aliphatic rings. The van der Waals surface area contributed by atoms with Gasteiger partial charge in [-0.3, -0.25) is 9.69 Å². The van der Waals surface area contributed by atoms with Crippen molar-refractivity contribution < 1.29 is 9.18 Å². The molecule has 6 heteroatoms. The molecule has 0 bridgehead atoms. The van der Waals surface area contributed by atoms with Gasteiger partial charge < -0.3 is 4.90 Å². The molecule has 0 unspecified atom stereocenters. The molecule has 0 atom stereocenters. The zero-order chi connectivity index (χ0) is 19.7. The number of fused-ring (bicyclic) bond motifs is 2. The van der Waals surface area contributed by atoms with Gasteiger partial charge in [0.15, 0.2) is 0 Å². The van der Waals surface area contributed by atoms with Gasteiger partial charge in [-0.05, 0) is 68.1 Å². The average molecular weight is 398 g/mol. The molecule has 0 saturated carbocycles. The summed E-state index contributed by atoms with van der Waals surface area (Å²) in [6, 6.07) is 8.44. The molecule has 4 nitrogen and oxygen atoms in total. The Bertz CT molecular complexity index is 908. The van der Waals surface area contributed by atoms with Gasteiger partial charge in [-0.15, -0.1) is 18.3 Å². The third-order valence-corrected chi connectivity index (χ3v) is 6.63. The van der Waals surface area contributed by atoms with E-state index in [-0.39, 0.29) is 17.1 Å². The molecular formula is C22H24FN3OS. The molecule has 2 aromatic rings. The number of carbonyl (C=O) groups is 1. The van der Waals surface area contributed by atoms with Gasteiger partial charge in [0.1, 0.15) is 10.8 Å². The number of likely N-dealkylation sites (tertiary alicyclic amines) is 1. The standard InChI is InChI=1S/C22H24FN3OS/c1-3-11-25-12-8-22(9-13-25)15-26(19-7-6-16(23)14-18(19)22)21(27)17-5-4-10-24-20(17)28-2/h3-7,10,14H,1,8-9,11-13,15H2,2H3. The normalized spacial score (nSPS) is 18.3. The number of aromatic nitrogens is 1. The predicted octanol–water partition coefficient (Wildman–Crippen LogP) is 4.12. The molecule has 1 spiro atoms. The molecule has 0 N–H and O–H groups in total. The quantitative estimate of drug-likeness (QED) is 0.574. The Morgan fingerprint density at radius 2 is 2.14 bits per heavy atom. The van der Waals surface area contributed by atoms with E-state index in [9.17, 15) is 9.18 Å². The average Bonchev–Trinajstić information content (AvgIpc) is 3.03. The molecule has 1 aromatic carbocycles. The van der Waals surface area contributed by atoms with Crippen molar-refractivity contribution in [2.45, 2.75) is 23.3 Å². The van der Waals surface area contributed by atoms with Crippen molar-refractivity contribution in [3.8, 4) is 0 Å². The van der Waals surface area contributed by atoms with Crippen LogP contribution in [0, 0.1) is 5.82 Å². The maximum absolute atomic E-state index is 14.1. The number of piperidine rings is 1. The molecule has 28 heavy (non-hydrogen) atoms. The molecule has 3 heterocycles. The van der Waals surface area contributed by atoms with Crippen LogP contribution in [0.2, 0.25) is 0 Å². The summed E-state index contributed by atoms with van der Waals surface area (Å²) in [5.74, 6) is -0.303. The second-order valence-corrected chi connectivity index (χ2v) is 8.28. The Labute approximate surface area is 169 Å². The Kier molecular flexibility index (Phi) is 5.25. The van der Waals surface area contributed by atoms with Crippen LogP contribution in [0.1, 0.15) is 28.8 Å². The van der Waals surface area contributed by atoms with Crippen LogP contribution in [0.25, 0.3) is 0 Å². The van der Waals surface area contributed by atoms with Crippen molar-refractivity contribution in [2.24, 2.45) is 0 Å². The van der Waals surface area contributed by atoms with E-state index in [0.717, 1.165) is 48.8 Å². The fourth-order valence-electron chi connectivity index (χ4n) is 4.46. The van der Waals surface area contributed by atoms with Crippen LogP contribution in [-0.2, 0) is 5.41 Å². The first-order chi connectivity index (χ1) is 13.6. The second-order valence-electron chi connectivity index (χ2n) is 7.48. The van der Waals surface area contributed by atoms with Gasteiger partial charge >= 0.3 is 0 Å². The van der Waals surface area contributed by atoms with E-state index in [1.807, 2.05) is 23.3 Å². The summed E-state index contributed by atoms with van der Waals surface area (Å²) in [4.78, 5) is 21.9. The molecule has 1 amide bonds. The van der Waals surface area contributed by atoms with E-state index in [1.54, 1.807) is 24.4 Å². The van der Waals surface area contributed by atoms with Crippen LogP contribution in [-0.4, -0.2) is 48.2 Å². The molecule has 2 aliphatic heterocycles. The largest absolute Gasteiger partial charge is 0.307 e. The highest BCUT2D eigenvalue weighted by Crippen LogP contribution is 2.47. The van der Waals surface area contributed by atoms with E-state index < -0.39 is 0 Å². The van der Waals surface area contributed by atoms with Crippen LogP contribution >= 0.6 is 11.8 Å². The second kappa shape index (κ2) is 7.68. The van der Waals surface area contributed by atoms with Gasteiger partial charge in [0.2, 0.25) is 0 Å². The first-order valence-electron chi connectivity index (χ1n) is 9.52. The number of nitrogens with zero attached hydrogens (tertiary/aromatic N) is 3. The van der Waals surface area contributed by atoms with E-state index in [0.29, 0.717) is 12.1 Å². The first-order valence-corrected chi connectivity index (χ1v) is 10.7. The summed E-state index contributed by atoms with van der Waals surface area (Å²) in [5.41, 5.74) is 2.21. The SMILES string of the molecule is C=CCN1CCC2(CC1)CN(C(=O)c1cccnc1SC)c1ccc(F)cc12. The minimum Gasteiger partial charge on any atom is -0.307 e. The number of rotatable bonds is 4. The van der Waals surface area contributed by atoms with E-state index in [4.69, 9.17) is 0 Å². The number of hydrogen-bond donors (Lipinski definition) is 0. The van der Waals surface area contributed by atoms with Gasteiger partial charge in [0.05, 0.1) is 5.56 Å². The molecule has 4 rings (SSSR count). The van der Waals surface area contributed by atoms with Crippen LogP contribution < -0.4 is 4.90 Å². The fraction of sp³-hybridized carbons (Fsp3) is 0.364. The van der Waals surface area contributed by atoms with Crippen LogP contribution in [0.4, 0.5) is 10.1 Å². The van der Waals surface area contributed by atoms with Crippen molar-refractivity contribution in [2.75, 3.05) is 37.3 Å². The summed E-state index contributed by atoms with van der Waals surface area (Å²) in [6.45, 7) is 7.13. The molecule has 1 saturated heterocycles. The Morgan fingerprint density at radius 1 is 1.36 bits per heavy atom. The Morgan fingerprint density at radius 3 is 2.86 bits per heavy atom. The fourth-order valence-corrected chi connectivity index (χ4v) is 5.00. The lowest BCUT2D eigenvalue weighted by Gasteiger charge is -2.39. The maximum Gasteiger partial charge on any atom is 0.261 e. The third kappa shape index (κ3) is 3.25. The molecule has 0 radical (unpaired) electrons. The predicted molar refractivity (Wildman–Crippen MR) is 112 cm³/mol. The number of anilines is 1. The van der Waals surface area contributed by atoms with Gasteiger partial charge in [-0.25, -0.2) is 9.37 Å². The van der Waals surface area contributed by atoms with Crippen molar-refractivity contribution in [3.05, 3.63) is 66.1 Å².